The van der Waals surface area contributed by atoms with Crippen LogP contribution in [0.3, 0.4) is 0 Å². The molecule has 2 heterocycles. The summed E-state index contributed by atoms with van der Waals surface area (Å²) in [6, 6.07) is 11.5. The first-order valence-electron chi connectivity index (χ1n) is 12.0. The van der Waals surface area contributed by atoms with Crippen LogP contribution in [0.1, 0.15) is 56.6 Å². The average Bonchev–Trinajstić information content (AvgIpc) is 3.29. The molecule has 1 aliphatic carbocycles. The van der Waals surface area contributed by atoms with Crippen LogP contribution in [0.5, 0.6) is 17.2 Å². The van der Waals surface area contributed by atoms with E-state index in [4.69, 9.17) is 23.9 Å². The van der Waals surface area contributed by atoms with Gasteiger partial charge in [0.25, 0.3) is 0 Å². The van der Waals surface area contributed by atoms with Gasteiger partial charge in [-0.2, -0.15) is 0 Å². The highest BCUT2D eigenvalue weighted by molar-refractivity contribution is 9.10. The summed E-state index contributed by atoms with van der Waals surface area (Å²) in [5.74, 6) is 0.317. The van der Waals surface area contributed by atoms with Crippen LogP contribution in [-0.4, -0.2) is 37.5 Å². The van der Waals surface area contributed by atoms with Crippen molar-refractivity contribution in [3.63, 3.8) is 0 Å². The van der Waals surface area contributed by atoms with Crippen LogP contribution in [0.4, 0.5) is 0 Å². The maximum atomic E-state index is 13.8. The molecule has 188 valence electrons. The number of allylic oxidation sites excluding steroid dienone is 2. The van der Waals surface area contributed by atoms with Crippen molar-refractivity contribution in [2.45, 2.75) is 51.6 Å². The lowest BCUT2D eigenvalue weighted by Gasteiger charge is -2.37. The number of carbonyl (C=O) groups is 2. The fourth-order valence-corrected chi connectivity index (χ4v) is 5.86. The number of Topliss-reactive ketones (excluding diaryl/α,β-unsaturated/α-hetero) is 1. The van der Waals surface area contributed by atoms with E-state index in [-0.39, 0.29) is 24.6 Å². The Kier molecular flexibility index (Phi) is 6.64. The number of aliphatic imine (C=N–C) groups is 1. The largest absolute Gasteiger partial charge is 0.497 e. The van der Waals surface area contributed by atoms with Gasteiger partial charge in [0.1, 0.15) is 11.7 Å². The minimum atomic E-state index is -0.718. The minimum Gasteiger partial charge on any atom is -0.497 e. The fourth-order valence-electron chi connectivity index (χ4n) is 5.29. The zero-order valence-corrected chi connectivity index (χ0v) is 22.3. The standard InChI is InChI=1S/C28H28BrNO6/c1-14(2)36-28(32)25-15(3)30-21-9-17(16-5-7-18(33-4)8-6-16)10-22(31)27(21)26(25)19-11-23-24(12-20(19)29)35-13-34-23/h5-8,11-12,14,17,25-26H,9-10,13H2,1-4H3/t17-,25?,26-/m1/s1. The van der Waals surface area contributed by atoms with E-state index in [0.29, 0.717) is 35.6 Å². The van der Waals surface area contributed by atoms with Crippen molar-refractivity contribution < 1.29 is 28.5 Å². The Morgan fingerprint density at radius 1 is 1.11 bits per heavy atom. The number of benzene rings is 2. The molecule has 1 unspecified atom stereocenters. The highest BCUT2D eigenvalue weighted by Gasteiger charge is 2.46. The van der Waals surface area contributed by atoms with Gasteiger partial charge in [-0.15, -0.1) is 0 Å². The van der Waals surface area contributed by atoms with Gasteiger partial charge in [0.15, 0.2) is 17.3 Å². The SMILES string of the molecule is COc1ccc([C@H]2CC(=O)C3=C(C2)N=C(C)C(C(=O)OC(C)C)[C@H]3c2cc3c(cc2Br)OCO3)cc1. The summed E-state index contributed by atoms with van der Waals surface area (Å²) in [6.45, 7) is 5.60. The Hall–Kier alpha value is -3.13. The van der Waals surface area contributed by atoms with Gasteiger partial charge in [-0.3, -0.25) is 14.6 Å². The monoisotopic (exact) mass is 553 g/mol. The lowest BCUT2D eigenvalue weighted by atomic mass is 9.69. The van der Waals surface area contributed by atoms with E-state index in [9.17, 15) is 9.59 Å². The van der Waals surface area contributed by atoms with Crippen LogP contribution in [0.25, 0.3) is 0 Å². The molecule has 0 saturated heterocycles. The van der Waals surface area contributed by atoms with E-state index in [1.165, 1.54) is 0 Å². The number of fused-ring (bicyclic) bond motifs is 1. The predicted molar refractivity (Wildman–Crippen MR) is 138 cm³/mol. The summed E-state index contributed by atoms with van der Waals surface area (Å²) in [5.41, 5.74) is 3.79. The van der Waals surface area contributed by atoms with Crippen LogP contribution in [0, 0.1) is 5.92 Å². The smallest absolute Gasteiger partial charge is 0.315 e. The molecule has 7 nitrogen and oxygen atoms in total. The van der Waals surface area contributed by atoms with Crippen LogP contribution in [-0.2, 0) is 14.3 Å². The second kappa shape index (κ2) is 9.73. The second-order valence-corrected chi connectivity index (χ2v) is 10.4. The molecule has 0 spiro atoms. The molecule has 0 saturated carbocycles. The van der Waals surface area contributed by atoms with Gasteiger partial charge < -0.3 is 18.9 Å². The van der Waals surface area contributed by atoms with E-state index < -0.39 is 17.8 Å². The van der Waals surface area contributed by atoms with Gasteiger partial charge >= 0.3 is 5.97 Å². The molecule has 0 radical (unpaired) electrons. The van der Waals surface area contributed by atoms with Gasteiger partial charge in [0, 0.05) is 33.8 Å². The van der Waals surface area contributed by atoms with Crippen molar-refractivity contribution in [1.29, 1.82) is 0 Å². The summed E-state index contributed by atoms with van der Waals surface area (Å²) >= 11 is 3.66. The van der Waals surface area contributed by atoms with Crippen LogP contribution in [0.2, 0.25) is 0 Å². The Bertz CT molecular complexity index is 1280. The molecule has 3 atom stereocenters. The van der Waals surface area contributed by atoms with Gasteiger partial charge in [0.2, 0.25) is 6.79 Å². The number of ether oxygens (including phenoxy) is 4. The normalized spacial score (nSPS) is 22.9. The van der Waals surface area contributed by atoms with Crippen LogP contribution >= 0.6 is 15.9 Å². The summed E-state index contributed by atoms with van der Waals surface area (Å²) in [6.07, 6.45) is 0.655. The van der Waals surface area contributed by atoms with E-state index in [1.807, 2.05) is 57.2 Å². The van der Waals surface area contributed by atoms with Crippen molar-refractivity contribution in [3.05, 3.63) is 63.3 Å². The first-order chi connectivity index (χ1) is 17.3. The number of hydrogen-bond donors (Lipinski definition) is 0. The van der Waals surface area contributed by atoms with Crippen LogP contribution in [0.15, 0.2) is 57.1 Å². The zero-order valence-electron chi connectivity index (χ0n) is 20.7. The van der Waals surface area contributed by atoms with Crippen molar-refractivity contribution >= 4 is 33.4 Å². The first kappa shape index (κ1) is 24.6. The summed E-state index contributed by atoms with van der Waals surface area (Å²) in [5, 5.41) is 0. The molecule has 0 bridgehead atoms. The lowest BCUT2D eigenvalue weighted by Crippen LogP contribution is -2.39. The predicted octanol–water partition coefficient (Wildman–Crippen LogP) is 5.71. The van der Waals surface area contributed by atoms with E-state index in [2.05, 4.69) is 15.9 Å². The molecule has 3 aliphatic rings. The van der Waals surface area contributed by atoms with Crippen molar-refractivity contribution in [2.75, 3.05) is 13.9 Å². The first-order valence-corrected chi connectivity index (χ1v) is 12.8. The zero-order chi connectivity index (χ0) is 25.6. The molecule has 0 fully saturated rings. The summed E-state index contributed by atoms with van der Waals surface area (Å²) in [4.78, 5) is 32.0. The second-order valence-electron chi connectivity index (χ2n) is 9.58. The molecule has 0 N–H and O–H groups in total. The molecule has 8 heteroatoms. The fraction of sp³-hybridized carbons (Fsp3) is 0.393. The average molecular weight is 554 g/mol. The molecule has 2 aromatic carbocycles. The number of hydrogen-bond acceptors (Lipinski definition) is 7. The molecule has 36 heavy (non-hydrogen) atoms. The van der Waals surface area contributed by atoms with Crippen molar-refractivity contribution in [2.24, 2.45) is 10.9 Å². The van der Waals surface area contributed by atoms with Gasteiger partial charge in [-0.25, -0.2) is 0 Å². The minimum absolute atomic E-state index is 0.00119. The van der Waals surface area contributed by atoms with Crippen molar-refractivity contribution in [3.8, 4) is 17.2 Å². The van der Waals surface area contributed by atoms with Crippen LogP contribution < -0.4 is 14.2 Å². The molecule has 5 rings (SSSR count). The Labute approximate surface area is 218 Å². The highest BCUT2D eigenvalue weighted by Crippen LogP contribution is 2.50. The quantitative estimate of drug-likeness (QED) is 0.441. The molecule has 2 aliphatic heterocycles. The third-order valence-electron chi connectivity index (χ3n) is 6.91. The Balaban J connectivity index is 1.60. The maximum Gasteiger partial charge on any atom is 0.315 e. The number of ketones is 1. The Morgan fingerprint density at radius 3 is 2.47 bits per heavy atom. The molecular weight excluding hydrogens is 526 g/mol. The van der Waals surface area contributed by atoms with Gasteiger partial charge in [-0.05, 0) is 68.5 Å². The maximum absolute atomic E-state index is 13.8. The number of halogens is 1. The van der Waals surface area contributed by atoms with E-state index >= 15 is 0 Å². The van der Waals surface area contributed by atoms with Crippen molar-refractivity contribution in [1.82, 2.24) is 0 Å². The lowest BCUT2D eigenvalue weighted by molar-refractivity contribution is -0.150. The number of nitrogens with zero attached hydrogens (tertiary/aromatic N) is 1. The summed E-state index contributed by atoms with van der Waals surface area (Å²) in [7, 11) is 1.63. The Morgan fingerprint density at radius 2 is 1.81 bits per heavy atom. The molecule has 2 aromatic rings. The third kappa shape index (κ3) is 4.43. The molecule has 0 amide bonds. The van der Waals surface area contributed by atoms with E-state index in [1.54, 1.807) is 7.11 Å². The molecule has 0 aromatic heterocycles. The number of esters is 1. The number of methoxy groups -OCH3 is 1. The third-order valence-corrected chi connectivity index (χ3v) is 7.60. The van der Waals surface area contributed by atoms with Gasteiger partial charge in [-0.1, -0.05) is 28.1 Å². The topological polar surface area (TPSA) is 83.4 Å². The molecular formula is C28H28BrNO6. The number of rotatable bonds is 5. The number of carbonyl (C=O) groups excluding carboxylic acids is 2. The van der Waals surface area contributed by atoms with E-state index in [0.717, 1.165) is 27.0 Å². The van der Waals surface area contributed by atoms with Gasteiger partial charge in [0.05, 0.1) is 13.2 Å². The summed E-state index contributed by atoms with van der Waals surface area (Å²) < 4.78 is 22.8. The highest BCUT2D eigenvalue weighted by atomic mass is 79.9.